The largest absolute Gasteiger partial charge is 0.466 e. The maximum atomic E-state index is 11.3. The van der Waals surface area contributed by atoms with E-state index in [1.807, 2.05) is 20.8 Å². The van der Waals surface area contributed by atoms with Gasteiger partial charge in [0.1, 0.15) is 0 Å². The number of carbonyl (C=O) groups excluding carboxylic acids is 1. The van der Waals surface area contributed by atoms with Crippen LogP contribution in [0.25, 0.3) is 0 Å². The van der Waals surface area contributed by atoms with E-state index in [4.69, 9.17) is 9.47 Å². The zero-order valence-electron chi connectivity index (χ0n) is 8.58. The van der Waals surface area contributed by atoms with Crippen molar-refractivity contribution in [3.05, 3.63) is 0 Å². The molecule has 0 aromatic heterocycles. The summed E-state index contributed by atoms with van der Waals surface area (Å²) < 4.78 is 10.5. The third kappa shape index (κ3) is 2.69. The molecular formula is C10H18O3. The van der Waals surface area contributed by atoms with Gasteiger partial charge in [0.25, 0.3) is 0 Å². The molecule has 1 heterocycles. The Balaban J connectivity index is 2.38. The van der Waals surface area contributed by atoms with Crippen LogP contribution in [0.3, 0.4) is 0 Å². The highest BCUT2D eigenvalue weighted by molar-refractivity contribution is 5.72. The quantitative estimate of drug-likeness (QED) is 0.630. The average molecular weight is 186 g/mol. The van der Waals surface area contributed by atoms with Crippen molar-refractivity contribution in [3.63, 3.8) is 0 Å². The second kappa shape index (κ2) is 4.61. The molecule has 0 N–H and O–H groups in total. The third-order valence-corrected chi connectivity index (χ3v) is 2.48. The summed E-state index contributed by atoms with van der Waals surface area (Å²) in [6.07, 6.45) is 2.38. The first-order chi connectivity index (χ1) is 6.15. The van der Waals surface area contributed by atoms with Gasteiger partial charge in [0.15, 0.2) is 0 Å². The van der Waals surface area contributed by atoms with Crippen molar-refractivity contribution >= 4 is 5.97 Å². The van der Waals surface area contributed by atoms with Crippen LogP contribution in [-0.4, -0.2) is 24.8 Å². The molecule has 0 saturated carbocycles. The predicted molar refractivity (Wildman–Crippen MR) is 49.4 cm³/mol. The van der Waals surface area contributed by atoms with E-state index in [9.17, 15) is 4.79 Å². The van der Waals surface area contributed by atoms with Gasteiger partial charge in [-0.15, -0.1) is 0 Å². The molecule has 0 aromatic rings. The minimum absolute atomic E-state index is 0.0639. The molecule has 0 aliphatic carbocycles. The van der Waals surface area contributed by atoms with Crippen LogP contribution in [0.1, 0.15) is 33.6 Å². The summed E-state index contributed by atoms with van der Waals surface area (Å²) in [5.41, 5.74) is 0. The normalized spacial score (nSPS) is 30.1. The molecule has 0 aromatic carbocycles. The highest BCUT2D eigenvalue weighted by atomic mass is 16.5. The van der Waals surface area contributed by atoms with Gasteiger partial charge in [0, 0.05) is 0 Å². The summed E-state index contributed by atoms with van der Waals surface area (Å²) >= 11 is 0. The van der Waals surface area contributed by atoms with Gasteiger partial charge in [0.2, 0.25) is 0 Å². The van der Waals surface area contributed by atoms with Crippen molar-refractivity contribution in [2.24, 2.45) is 5.92 Å². The van der Waals surface area contributed by atoms with Gasteiger partial charge in [-0.3, -0.25) is 4.79 Å². The SMILES string of the molecule is CCOC(=O)C(C)C1CCC(C)O1. The summed E-state index contributed by atoms with van der Waals surface area (Å²) in [6, 6.07) is 0. The maximum Gasteiger partial charge on any atom is 0.311 e. The Bertz CT molecular complexity index is 179. The Morgan fingerprint density at radius 3 is 2.77 bits per heavy atom. The molecule has 3 heteroatoms. The van der Waals surface area contributed by atoms with E-state index in [0.29, 0.717) is 12.7 Å². The Labute approximate surface area is 79.4 Å². The van der Waals surface area contributed by atoms with Crippen molar-refractivity contribution in [3.8, 4) is 0 Å². The van der Waals surface area contributed by atoms with Gasteiger partial charge >= 0.3 is 5.97 Å². The molecule has 1 aliphatic rings. The van der Waals surface area contributed by atoms with Gasteiger partial charge in [-0.1, -0.05) is 0 Å². The van der Waals surface area contributed by atoms with Crippen LogP contribution in [0.5, 0.6) is 0 Å². The van der Waals surface area contributed by atoms with Crippen molar-refractivity contribution in [1.82, 2.24) is 0 Å². The third-order valence-electron chi connectivity index (χ3n) is 2.48. The summed E-state index contributed by atoms with van der Waals surface area (Å²) in [7, 11) is 0. The molecule has 3 atom stereocenters. The van der Waals surface area contributed by atoms with Crippen LogP contribution in [0.4, 0.5) is 0 Å². The second-order valence-corrected chi connectivity index (χ2v) is 3.60. The van der Waals surface area contributed by atoms with Gasteiger partial charge in [0.05, 0.1) is 24.7 Å². The lowest BCUT2D eigenvalue weighted by atomic mass is 10.0. The average Bonchev–Trinajstić information content (AvgIpc) is 2.51. The molecule has 13 heavy (non-hydrogen) atoms. The first-order valence-electron chi connectivity index (χ1n) is 4.97. The molecule has 3 unspecified atom stereocenters. The van der Waals surface area contributed by atoms with Crippen LogP contribution in [0, 0.1) is 5.92 Å². The van der Waals surface area contributed by atoms with E-state index in [2.05, 4.69) is 0 Å². The van der Waals surface area contributed by atoms with E-state index >= 15 is 0 Å². The van der Waals surface area contributed by atoms with Gasteiger partial charge < -0.3 is 9.47 Å². The molecule has 1 fully saturated rings. The summed E-state index contributed by atoms with van der Waals surface area (Å²) in [5.74, 6) is -0.258. The summed E-state index contributed by atoms with van der Waals surface area (Å²) in [5, 5.41) is 0. The van der Waals surface area contributed by atoms with E-state index in [1.165, 1.54) is 0 Å². The number of esters is 1. The smallest absolute Gasteiger partial charge is 0.311 e. The highest BCUT2D eigenvalue weighted by Crippen LogP contribution is 2.25. The molecule has 0 spiro atoms. The molecule has 0 radical (unpaired) electrons. The molecule has 1 rings (SSSR count). The first kappa shape index (κ1) is 10.5. The standard InChI is InChI=1S/C10H18O3/c1-4-12-10(11)8(3)9-6-5-7(2)13-9/h7-9H,4-6H2,1-3H3. The lowest BCUT2D eigenvalue weighted by Crippen LogP contribution is -2.27. The first-order valence-corrected chi connectivity index (χ1v) is 4.97. The fourth-order valence-electron chi connectivity index (χ4n) is 1.63. The zero-order valence-corrected chi connectivity index (χ0v) is 8.58. The molecular weight excluding hydrogens is 168 g/mol. The molecule has 0 bridgehead atoms. The summed E-state index contributed by atoms with van der Waals surface area (Å²) in [6.45, 7) is 6.19. The van der Waals surface area contributed by atoms with Crippen molar-refractivity contribution in [1.29, 1.82) is 0 Å². The zero-order chi connectivity index (χ0) is 9.84. The predicted octanol–water partition coefficient (Wildman–Crippen LogP) is 1.75. The minimum atomic E-state index is -0.137. The molecule has 0 amide bonds. The lowest BCUT2D eigenvalue weighted by Gasteiger charge is -2.17. The van der Waals surface area contributed by atoms with Gasteiger partial charge in [-0.25, -0.2) is 0 Å². The second-order valence-electron chi connectivity index (χ2n) is 3.60. The van der Waals surface area contributed by atoms with Crippen molar-refractivity contribution < 1.29 is 14.3 Å². The number of hydrogen-bond donors (Lipinski definition) is 0. The van der Waals surface area contributed by atoms with Gasteiger partial charge in [-0.2, -0.15) is 0 Å². The van der Waals surface area contributed by atoms with Crippen molar-refractivity contribution in [2.75, 3.05) is 6.61 Å². The van der Waals surface area contributed by atoms with E-state index in [1.54, 1.807) is 0 Å². The summed E-state index contributed by atoms with van der Waals surface area (Å²) in [4.78, 5) is 11.3. The monoisotopic (exact) mass is 186 g/mol. The van der Waals surface area contributed by atoms with Crippen molar-refractivity contribution in [2.45, 2.75) is 45.8 Å². The molecule has 3 nitrogen and oxygen atoms in total. The van der Waals surface area contributed by atoms with Crippen LogP contribution in [0.2, 0.25) is 0 Å². The van der Waals surface area contributed by atoms with Crippen LogP contribution >= 0.6 is 0 Å². The fourth-order valence-corrected chi connectivity index (χ4v) is 1.63. The van der Waals surface area contributed by atoms with Crippen LogP contribution in [0.15, 0.2) is 0 Å². The topological polar surface area (TPSA) is 35.5 Å². The Morgan fingerprint density at radius 2 is 2.31 bits per heavy atom. The van der Waals surface area contributed by atoms with Crippen LogP contribution < -0.4 is 0 Å². The highest BCUT2D eigenvalue weighted by Gasteiger charge is 2.31. The van der Waals surface area contributed by atoms with E-state index in [-0.39, 0.29) is 18.0 Å². The van der Waals surface area contributed by atoms with Gasteiger partial charge in [-0.05, 0) is 33.6 Å². The Morgan fingerprint density at radius 1 is 1.62 bits per heavy atom. The molecule has 1 saturated heterocycles. The molecule has 76 valence electrons. The maximum absolute atomic E-state index is 11.3. The molecule has 1 aliphatic heterocycles. The minimum Gasteiger partial charge on any atom is -0.466 e. The number of carbonyl (C=O) groups is 1. The Kier molecular flexibility index (Phi) is 3.72. The van der Waals surface area contributed by atoms with E-state index < -0.39 is 0 Å². The Hall–Kier alpha value is -0.570. The number of ether oxygens (including phenoxy) is 2. The van der Waals surface area contributed by atoms with Crippen LogP contribution in [-0.2, 0) is 14.3 Å². The fraction of sp³-hybridized carbons (Fsp3) is 0.900. The number of rotatable bonds is 3. The van der Waals surface area contributed by atoms with E-state index in [0.717, 1.165) is 12.8 Å². The number of hydrogen-bond acceptors (Lipinski definition) is 3. The lowest BCUT2D eigenvalue weighted by molar-refractivity contribution is -0.152.